The van der Waals surface area contributed by atoms with Gasteiger partial charge < -0.3 is 26.0 Å². The number of aryl methyl sites for hydroxylation is 3. The van der Waals surface area contributed by atoms with E-state index in [4.69, 9.17) is 0 Å². The topological polar surface area (TPSA) is 192 Å². The van der Waals surface area contributed by atoms with Gasteiger partial charge in [-0.3, -0.25) is 19.1 Å². The van der Waals surface area contributed by atoms with E-state index >= 15 is 0 Å². The molecule has 0 saturated carbocycles. The standard InChI is InChI=1S/C35H39N7O7S/c1-22-10-16-26(17-11-22)50(48,49)40-29(33(45)46)21-36-31(43)28-20-30-32(44)41(18-7-19-42(30)39-28)35(3,4)24-12-14-25(15-13-24)37-34(47)38-27-9-6-5-8-23(27)2/h5-6,8-17,20,29,40H,7,18-19,21H2,1-4H3,(H,36,43)(H,45,46)(H2,37,38,47). The summed E-state index contributed by atoms with van der Waals surface area (Å²) in [6.45, 7) is 7.70. The first-order chi connectivity index (χ1) is 23.7. The average molecular weight is 702 g/mol. The van der Waals surface area contributed by atoms with Crippen LogP contribution >= 0.6 is 0 Å². The van der Waals surface area contributed by atoms with Gasteiger partial charge in [-0.2, -0.15) is 9.82 Å². The number of para-hydroxylation sites is 1. The average Bonchev–Trinajstić information content (AvgIpc) is 3.43. The summed E-state index contributed by atoms with van der Waals surface area (Å²) >= 11 is 0. The number of amides is 4. The van der Waals surface area contributed by atoms with E-state index in [1.807, 2.05) is 57.2 Å². The molecule has 3 aromatic carbocycles. The first-order valence-electron chi connectivity index (χ1n) is 15.9. The van der Waals surface area contributed by atoms with Gasteiger partial charge in [-0.25, -0.2) is 13.2 Å². The number of hydrogen-bond acceptors (Lipinski definition) is 7. The lowest BCUT2D eigenvalue weighted by Crippen LogP contribution is -2.48. The molecule has 1 aliphatic heterocycles. The predicted molar refractivity (Wildman–Crippen MR) is 186 cm³/mol. The molecular formula is C35H39N7O7S. The van der Waals surface area contributed by atoms with Gasteiger partial charge in [0.15, 0.2) is 5.69 Å². The van der Waals surface area contributed by atoms with Crippen LogP contribution in [-0.2, 0) is 26.9 Å². The summed E-state index contributed by atoms with van der Waals surface area (Å²) in [5, 5.41) is 22.0. The molecule has 1 aliphatic rings. The van der Waals surface area contributed by atoms with Crippen LogP contribution in [-0.4, -0.2) is 71.2 Å². The lowest BCUT2D eigenvalue weighted by Gasteiger charge is -2.38. The Balaban J connectivity index is 1.24. The van der Waals surface area contributed by atoms with E-state index in [1.54, 1.807) is 36.1 Å². The lowest BCUT2D eigenvalue weighted by molar-refractivity contribution is -0.138. The highest BCUT2D eigenvalue weighted by Crippen LogP contribution is 2.32. The van der Waals surface area contributed by atoms with Crippen LogP contribution in [0.25, 0.3) is 0 Å². The highest BCUT2D eigenvalue weighted by molar-refractivity contribution is 7.89. The number of rotatable bonds is 11. The number of benzene rings is 3. The second kappa shape index (κ2) is 14.5. The first kappa shape index (κ1) is 35.8. The Bertz CT molecular complexity index is 2020. The Hall–Kier alpha value is -5.54. The molecule has 1 aromatic heterocycles. The number of sulfonamides is 1. The maximum Gasteiger partial charge on any atom is 0.323 e. The van der Waals surface area contributed by atoms with Crippen LogP contribution in [0.4, 0.5) is 16.2 Å². The van der Waals surface area contributed by atoms with Crippen molar-refractivity contribution in [1.29, 1.82) is 0 Å². The molecule has 262 valence electrons. The number of nitrogens with one attached hydrogen (secondary N) is 4. The molecule has 4 amide bonds. The van der Waals surface area contributed by atoms with Gasteiger partial charge in [0.1, 0.15) is 11.7 Å². The van der Waals surface area contributed by atoms with Gasteiger partial charge in [-0.1, -0.05) is 48.0 Å². The molecule has 14 nitrogen and oxygen atoms in total. The Morgan fingerprint density at radius 3 is 2.28 bits per heavy atom. The molecule has 5 N–H and O–H groups in total. The van der Waals surface area contributed by atoms with E-state index < -0.39 is 40.0 Å². The van der Waals surface area contributed by atoms with Gasteiger partial charge in [0.2, 0.25) is 10.0 Å². The third-order valence-corrected chi connectivity index (χ3v) is 10.0. The van der Waals surface area contributed by atoms with Crippen molar-refractivity contribution in [2.24, 2.45) is 0 Å². The molecule has 0 bridgehead atoms. The van der Waals surface area contributed by atoms with Crippen molar-refractivity contribution in [2.45, 2.75) is 57.1 Å². The number of nitrogens with zero attached hydrogens (tertiary/aromatic N) is 3. The minimum atomic E-state index is -4.19. The zero-order valence-electron chi connectivity index (χ0n) is 28.1. The van der Waals surface area contributed by atoms with Gasteiger partial charge in [0.25, 0.3) is 11.8 Å². The number of carbonyl (C=O) groups excluding carboxylic acids is 3. The SMILES string of the molecule is Cc1ccc(S(=O)(=O)NC(CNC(=O)c2cc3n(n2)CCCN(C(C)(C)c2ccc(NC(=O)Nc4ccccc4C)cc2)C3=O)C(=O)O)cc1. The Labute approximate surface area is 289 Å². The van der Waals surface area contributed by atoms with Gasteiger partial charge in [0.05, 0.1) is 10.4 Å². The normalized spacial score (nSPS) is 13.9. The van der Waals surface area contributed by atoms with Crippen molar-refractivity contribution in [1.82, 2.24) is 24.7 Å². The van der Waals surface area contributed by atoms with E-state index in [2.05, 4.69) is 25.8 Å². The summed E-state index contributed by atoms with van der Waals surface area (Å²) in [6, 6.07) is 19.8. The largest absolute Gasteiger partial charge is 0.480 e. The number of carbonyl (C=O) groups is 4. The number of anilines is 2. The number of hydrogen-bond donors (Lipinski definition) is 5. The monoisotopic (exact) mass is 701 g/mol. The molecule has 15 heteroatoms. The van der Waals surface area contributed by atoms with Crippen LogP contribution < -0.4 is 20.7 Å². The second-order valence-electron chi connectivity index (χ2n) is 12.5. The molecule has 1 atom stereocenters. The summed E-state index contributed by atoms with van der Waals surface area (Å²) in [5.41, 5.74) is 3.13. The number of urea groups is 1. The summed E-state index contributed by atoms with van der Waals surface area (Å²) in [6.07, 6.45) is 0.547. The number of carboxylic acid groups (broad SMARTS) is 1. The number of aliphatic carboxylic acids is 1. The fraction of sp³-hybridized carbons (Fsp3) is 0.286. The molecule has 0 spiro atoms. The number of fused-ring (bicyclic) bond motifs is 1. The minimum absolute atomic E-state index is 0.113. The highest BCUT2D eigenvalue weighted by atomic mass is 32.2. The Morgan fingerprint density at radius 2 is 1.62 bits per heavy atom. The van der Waals surface area contributed by atoms with Gasteiger partial charge >= 0.3 is 12.0 Å². The lowest BCUT2D eigenvalue weighted by atomic mass is 9.91. The van der Waals surface area contributed by atoms with Crippen LogP contribution in [0.3, 0.4) is 0 Å². The predicted octanol–water partition coefficient (Wildman–Crippen LogP) is 4.09. The van der Waals surface area contributed by atoms with Crippen molar-refractivity contribution in [3.63, 3.8) is 0 Å². The first-order valence-corrected chi connectivity index (χ1v) is 17.4. The third-order valence-electron chi connectivity index (χ3n) is 8.54. The number of carboxylic acids is 1. The molecular weight excluding hydrogens is 662 g/mol. The molecule has 0 aliphatic carbocycles. The molecule has 1 unspecified atom stereocenters. The van der Waals surface area contributed by atoms with Crippen molar-refractivity contribution >= 4 is 45.2 Å². The van der Waals surface area contributed by atoms with Crippen LogP contribution in [0, 0.1) is 13.8 Å². The molecule has 0 fully saturated rings. The summed E-state index contributed by atoms with van der Waals surface area (Å²) in [4.78, 5) is 53.0. The molecule has 50 heavy (non-hydrogen) atoms. The van der Waals surface area contributed by atoms with Crippen LogP contribution in [0.1, 0.15) is 57.9 Å². The molecule has 0 radical (unpaired) electrons. The van der Waals surface area contributed by atoms with Crippen molar-refractivity contribution in [3.05, 3.63) is 107 Å². The Kier molecular flexibility index (Phi) is 10.4. The van der Waals surface area contributed by atoms with Gasteiger partial charge in [-0.05, 0) is 75.6 Å². The second-order valence-corrected chi connectivity index (χ2v) is 14.2. The summed E-state index contributed by atoms with van der Waals surface area (Å²) < 4.78 is 29.1. The van der Waals surface area contributed by atoms with E-state index in [0.717, 1.165) is 16.7 Å². The molecule has 4 aromatic rings. The van der Waals surface area contributed by atoms with Crippen molar-refractivity contribution in [2.75, 3.05) is 23.7 Å². The van der Waals surface area contributed by atoms with Gasteiger partial charge in [0, 0.05) is 37.1 Å². The maximum atomic E-state index is 13.9. The third kappa shape index (κ3) is 8.01. The van der Waals surface area contributed by atoms with E-state index in [-0.39, 0.29) is 28.2 Å². The Morgan fingerprint density at radius 1 is 0.940 bits per heavy atom. The van der Waals surface area contributed by atoms with E-state index in [9.17, 15) is 32.7 Å². The zero-order chi connectivity index (χ0) is 36.2. The number of aromatic nitrogens is 2. The van der Waals surface area contributed by atoms with Gasteiger partial charge in [-0.15, -0.1) is 0 Å². The molecule has 2 heterocycles. The van der Waals surface area contributed by atoms with E-state index in [0.29, 0.717) is 30.9 Å². The van der Waals surface area contributed by atoms with Crippen LogP contribution in [0.15, 0.2) is 83.8 Å². The van der Waals surface area contributed by atoms with Crippen LogP contribution in [0.2, 0.25) is 0 Å². The zero-order valence-corrected chi connectivity index (χ0v) is 28.9. The smallest absolute Gasteiger partial charge is 0.323 e. The minimum Gasteiger partial charge on any atom is -0.480 e. The summed E-state index contributed by atoms with van der Waals surface area (Å²) in [7, 11) is -4.19. The fourth-order valence-corrected chi connectivity index (χ4v) is 6.76. The molecule has 0 saturated heterocycles. The quantitative estimate of drug-likeness (QED) is 0.154. The maximum absolute atomic E-state index is 13.9. The highest BCUT2D eigenvalue weighted by Gasteiger charge is 2.37. The van der Waals surface area contributed by atoms with Crippen LogP contribution in [0.5, 0.6) is 0 Å². The summed E-state index contributed by atoms with van der Waals surface area (Å²) in [5.74, 6) is -2.60. The van der Waals surface area contributed by atoms with E-state index in [1.165, 1.54) is 22.9 Å². The molecule has 5 rings (SSSR count). The fourth-order valence-electron chi connectivity index (χ4n) is 5.57. The van der Waals surface area contributed by atoms with Crippen molar-refractivity contribution in [3.8, 4) is 0 Å². The van der Waals surface area contributed by atoms with Crippen molar-refractivity contribution < 1.29 is 32.7 Å².